The van der Waals surface area contributed by atoms with E-state index in [1.54, 1.807) is 15.6 Å². The molecule has 2 aliphatic heterocycles. The number of halogens is 3. The smallest absolute Gasteiger partial charge is 0.416 e. The molecule has 1 spiro atoms. The van der Waals surface area contributed by atoms with Crippen molar-refractivity contribution in [2.45, 2.75) is 83.4 Å². The second-order valence-electron chi connectivity index (χ2n) is 12.7. The van der Waals surface area contributed by atoms with Gasteiger partial charge < -0.3 is 19.1 Å². The van der Waals surface area contributed by atoms with Crippen LogP contribution >= 0.6 is 0 Å². The molecule has 2 unspecified atom stereocenters. The topological polar surface area (TPSA) is 91.6 Å². The van der Waals surface area contributed by atoms with Gasteiger partial charge in [-0.2, -0.15) is 18.3 Å². The molecule has 12 heteroatoms. The second-order valence-corrected chi connectivity index (χ2v) is 12.7. The first-order chi connectivity index (χ1) is 20.3. The van der Waals surface area contributed by atoms with Crippen LogP contribution in [0.1, 0.15) is 71.1 Å². The molecule has 2 aromatic heterocycles. The van der Waals surface area contributed by atoms with Crippen LogP contribution in [0.15, 0.2) is 37.2 Å². The number of likely N-dealkylation sites (tertiary alicyclic amines) is 1. The fourth-order valence-corrected chi connectivity index (χ4v) is 5.87. The van der Waals surface area contributed by atoms with Gasteiger partial charge in [-0.1, -0.05) is 12.6 Å². The first kappa shape index (κ1) is 29.4. The van der Waals surface area contributed by atoms with Crippen LogP contribution in [-0.4, -0.2) is 68.3 Å². The van der Waals surface area contributed by atoms with Gasteiger partial charge in [-0.15, -0.1) is 0 Å². The highest BCUT2D eigenvalue weighted by atomic mass is 19.4. The summed E-state index contributed by atoms with van der Waals surface area (Å²) in [5.41, 5.74) is -0.266. The summed E-state index contributed by atoms with van der Waals surface area (Å²) >= 11 is 0. The van der Waals surface area contributed by atoms with E-state index in [0.29, 0.717) is 42.0 Å². The monoisotopic (exact) mass is 599 g/mol. The summed E-state index contributed by atoms with van der Waals surface area (Å²) in [6.45, 7) is 10.3. The van der Waals surface area contributed by atoms with Gasteiger partial charge in [-0.3, -0.25) is 4.98 Å². The molecular formula is C31H36F3N5O4. The summed E-state index contributed by atoms with van der Waals surface area (Å²) < 4.78 is 60.3. The molecule has 1 amide bonds. The molecule has 43 heavy (non-hydrogen) atoms. The van der Waals surface area contributed by atoms with Crippen molar-refractivity contribution < 1.29 is 32.2 Å². The maximum Gasteiger partial charge on any atom is 0.416 e. The third-order valence-electron chi connectivity index (χ3n) is 8.44. The van der Waals surface area contributed by atoms with Crippen LogP contribution in [-0.2, 0) is 9.47 Å². The zero-order valence-electron chi connectivity index (χ0n) is 24.6. The molecule has 4 heterocycles. The maximum atomic E-state index is 13.5. The highest BCUT2D eigenvalue weighted by Gasteiger charge is 2.54. The van der Waals surface area contributed by atoms with E-state index in [1.807, 2.05) is 20.8 Å². The Balaban J connectivity index is 1.33. The highest BCUT2D eigenvalue weighted by Crippen LogP contribution is 2.55. The largest absolute Gasteiger partial charge is 0.471 e. The molecule has 9 nitrogen and oxygen atoms in total. The molecule has 1 aromatic carbocycles. The number of piperidine rings is 1. The SMILES string of the molecule is C=C(c1ccc2c(c1)c(-c1cncc(OC3CN(C(=O)OC(C)(C)C)CCC34CC4)n1)nn2C1CCCCO1)C(F)(F)F. The number of hydrogen-bond donors (Lipinski definition) is 0. The number of carbonyl (C=O) groups is 1. The lowest BCUT2D eigenvalue weighted by atomic mass is 9.90. The van der Waals surface area contributed by atoms with Gasteiger partial charge in [0.2, 0.25) is 5.88 Å². The minimum absolute atomic E-state index is 0.0321. The van der Waals surface area contributed by atoms with Crippen LogP contribution in [0.4, 0.5) is 18.0 Å². The van der Waals surface area contributed by atoms with Crippen molar-refractivity contribution in [2.24, 2.45) is 5.41 Å². The molecule has 6 rings (SSSR count). The zero-order valence-corrected chi connectivity index (χ0v) is 24.6. The van der Waals surface area contributed by atoms with Crippen molar-refractivity contribution in [3.05, 3.63) is 42.7 Å². The molecule has 1 aliphatic carbocycles. The lowest BCUT2D eigenvalue weighted by molar-refractivity contribution is -0.0686. The number of alkyl halides is 3. The predicted molar refractivity (Wildman–Crippen MR) is 153 cm³/mol. The molecule has 3 aliphatic rings. The minimum Gasteiger partial charge on any atom is -0.471 e. The Labute approximate surface area is 248 Å². The van der Waals surface area contributed by atoms with Gasteiger partial charge in [0, 0.05) is 24.0 Å². The number of fused-ring (bicyclic) bond motifs is 1. The van der Waals surface area contributed by atoms with Crippen LogP contribution in [0, 0.1) is 5.41 Å². The fraction of sp³-hybridized carbons (Fsp3) is 0.548. The van der Waals surface area contributed by atoms with E-state index >= 15 is 0 Å². The van der Waals surface area contributed by atoms with E-state index in [4.69, 9.17) is 24.3 Å². The number of ether oxygens (including phenoxy) is 3. The Bertz CT molecular complexity index is 1540. The molecule has 2 saturated heterocycles. The number of amides is 1. The van der Waals surface area contributed by atoms with Gasteiger partial charge in [0.25, 0.3) is 0 Å². The third kappa shape index (κ3) is 6.07. The zero-order chi connectivity index (χ0) is 30.6. The van der Waals surface area contributed by atoms with Crippen LogP contribution in [0.3, 0.4) is 0 Å². The Morgan fingerprint density at radius 1 is 1.14 bits per heavy atom. The molecule has 3 fully saturated rings. The van der Waals surface area contributed by atoms with Crippen LogP contribution in [0.25, 0.3) is 27.9 Å². The molecule has 1 saturated carbocycles. The average Bonchev–Trinajstić information content (AvgIpc) is 3.63. The first-order valence-corrected chi connectivity index (χ1v) is 14.7. The summed E-state index contributed by atoms with van der Waals surface area (Å²) in [6, 6.07) is 4.47. The van der Waals surface area contributed by atoms with Gasteiger partial charge >= 0.3 is 12.3 Å². The summed E-state index contributed by atoms with van der Waals surface area (Å²) in [5.74, 6) is 0.257. The number of hydrogen-bond acceptors (Lipinski definition) is 7. The summed E-state index contributed by atoms with van der Waals surface area (Å²) in [4.78, 5) is 23.5. The minimum atomic E-state index is -4.57. The number of allylic oxidation sites excluding steroid dienone is 1. The van der Waals surface area contributed by atoms with Crippen molar-refractivity contribution >= 4 is 22.6 Å². The highest BCUT2D eigenvalue weighted by molar-refractivity contribution is 5.94. The van der Waals surface area contributed by atoms with Gasteiger partial charge in [-0.05, 0) is 77.0 Å². The molecule has 0 N–H and O–H groups in total. The van der Waals surface area contributed by atoms with Crippen molar-refractivity contribution in [1.29, 1.82) is 0 Å². The van der Waals surface area contributed by atoms with E-state index in [2.05, 4.69) is 11.6 Å². The maximum absolute atomic E-state index is 13.5. The molecule has 0 bridgehead atoms. The van der Waals surface area contributed by atoms with Gasteiger partial charge in [0.15, 0.2) is 6.23 Å². The second kappa shape index (κ2) is 10.8. The Morgan fingerprint density at radius 3 is 2.60 bits per heavy atom. The lowest BCUT2D eigenvalue weighted by Crippen LogP contribution is -2.51. The summed E-state index contributed by atoms with van der Waals surface area (Å²) in [7, 11) is 0. The van der Waals surface area contributed by atoms with Crippen molar-refractivity contribution in [2.75, 3.05) is 19.7 Å². The van der Waals surface area contributed by atoms with Crippen molar-refractivity contribution in [3.63, 3.8) is 0 Å². The van der Waals surface area contributed by atoms with E-state index in [9.17, 15) is 18.0 Å². The first-order valence-electron chi connectivity index (χ1n) is 14.7. The average molecular weight is 600 g/mol. The number of rotatable bonds is 5. The van der Waals surface area contributed by atoms with Crippen LogP contribution < -0.4 is 4.74 Å². The molecule has 230 valence electrons. The van der Waals surface area contributed by atoms with Crippen molar-refractivity contribution in [3.8, 4) is 17.3 Å². The van der Waals surface area contributed by atoms with Crippen molar-refractivity contribution in [1.82, 2.24) is 24.6 Å². The summed E-state index contributed by atoms with van der Waals surface area (Å²) in [6.07, 6.45) is 2.85. The van der Waals surface area contributed by atoms with E-state index in [-0.39, 0.29) is 35.3 Å². The standard InChI is InChI=1S/C31H36F3N5O4/c1-19(31(32,33)34)20-8-9-23-21(15-20)27(37-39(23)26-7-5-6-14-41-26)22-16-35-17-25(36-22)42-24-18-38(13-12-30(24)10-11-30)28(40)43-29(2,3)4/h8-9,15-17,24,26H,1,5-7,10-14,18H2,2-4H3. The Kier molecular flexibility index (Phi) is 7.38. The lowest BCUT2D eigenvalue weighted by Gasteiger charge is -2.39. The molecule has 0 radical (unpaired) electrons. The number of carbonyl (C=O) groups excluding carboxylic acids is 1. The number of nitrogens with zero attached hydrogens (tertiary/aromatic N) is 5. The van der Waals surface area contributed by atoms with E-state index < -0.39 is 17.4 Å². The van der Waals surface area contributed by atoms with E-state index in [0.717, 1.165) is 38.5 Å². The van der Waals surface area contributed by atoms with Crippen LogP contribution in [0.5, 0.6) is 5.88 Å². The third-order valence-corrected chi connectivity index (χ3v) is 8.44. The molecular weight excluding hydrogens is 563 g/mol. The summed E-state index contributed by atoms with van der Waals surface area (Å²) in [5, 5.41) is 5.28. The van der Waals surface area contributed by atoms with Gasteiger partial charge in [0.05, 0.1) is 30.0 Å². The number of aromatic nitrogens is 4. The Hall–Kier alpha value is -3.67. The van der Waals surface area contributed by atoms with Crippen LogP contribution in [0.2, 0.25) is 0 Å². The van der Waals surface area contributed by atoms with E-state index in [1.165, 1.54) is 24.5 Å². The molecule has 2 atom stereocenters. The molecule has 3 aromatic rings. The number of benzene rings is 1. The Morgan fingerprint density at radius 2 is 1.93 bits per heavy atom. The quantitative estimate of drug-likeness (QED) is 0.314. The van der Waals surface area contributed by atoms with Gasteiger partial charge in [-0.25, -0.2) is 14.5 Å². The predicted octanol–water partition coefficient (Wildman–Crippen LogP) is 6.94. The normalized spacial score (nSPS) is 22.0. The fourth-order valence-electron chi connectivity index (χ4n) is 5.87. The van der Waals surface area contributed by atoms with Gasteiger partial charge in [0.1, 0.15) is 23.1 Å².